The predicted molar refractivity (Wildman–Crippen MR) is 126 cm³/mol. The van der Waals surface area contributed by atoms with Crippen molar-refractivity contribution in [1.82, 2.24) is 10.2 Å². The van der Waals surface area contributed by atoms with Crippen LogP contribution in [0, 0.1) is 11.8 Å². The summed E-state index contributed by atoms with van der Waals surface area (Å²) in [6, 6.07) is 3.69. The second-order valence-electron chi connectivity index (χ2n) is 8.63. The minimum Gasteiger partial charge on any atom is -0.492 e. The molecular weight excluding hydrogens is 434 g/mol. The fourth-order valence-electron chi connectivity index (χ4n) is 2.58. The van der Waals surface area contributed by atoms with Gasteiger partial charge in [-0.1, -0.05) is 13.8 Å². The second kappa shape index (κ2) is 13.4. The lowest BCUT2D eigenvalue weighted by molar-refractivity contribution is -0.141. The first-order valence-corrected chi connectivity index (χ1v) is 11.2. The Kier molecular flexibility index (Phi) is 11.7. The van der Waals surface area contributed by atoms with E-state index in [9.17, 15) is 14.5 Å². The van der Waals surface area contributed by atoms with Crippen LogP contribution in [0.2, 0.25) is 0 Å². The zero-order valence-corrected chi connectivity index (χ0v) is 20.8. The summed E-state index contributed by atoms with van der Waals surface area (Å²) < 4.78 is 18.8. The monoisotopic (exact) mass is 469 g/mol. The smallest absolute Gasteiger partial charge is 0.337 e. The Morgan fingerprint density at radius 1 is 1.19 bits per heavy atom. The number of aryl methyl sites for hydroxylation is 1. The quantitative estimate of drug-likeness (QED) is 0.191. The van der Waals surface area contributed by atoms with Crippen molar-refractivity contribution in [2.45, 2.75) is 45.3 Å². The zero-order valence-electron chi connectivity index (χ0n) is 20.0. The fraction of sp³-hybridized carbons (Fsp3) is 0.636. The molecule has 1 aromatic rings. The Hall–Kier alpha value is -2.17. The Labute approximate surface area is 194 Å². The number of ether oxygens (including phenoxy) is 3. The van der Waals surface area contributed by atoms with Gasteiger partial charge in [-0.2, -0.15) is 0 Å². The zero-order chi connectivity index (χ0) is 24.3. The Morgan fingerprint density at radius 3 is 2.47 bits per heavy atom. The van der Waals surface area contributed by atoms with Crippen molar-refractivity contribution in [3.8, 4) is 11.5 Å². The number of nitrogens with one attached hydrogen (secondary N) is 1. The van der Waals surface area contributed by atoms with Crippen LogP contribution in [0.1, 0.15) is 44.7 Å². The molecule has 1 amide bonds. The Bertz CT molecular complexity index is 783. The largest absolute Gasteiger partial charge is 0.492 e. The summed E-state index contributed by atoms with van der Waals surface area (Å²) in [6.07, 6.45) is 0. The summed E-state index contributed by atoms with van der Waals surface area (Å²) in [5, 5.41) is 2.64. The summed E-state index contributed by atoms with van der Waals surface area (Å²) in [5.74, 6) is 0.400. The topological polar surface area (TPSA) is 107 Å². The van der Waals surface area contributed by atoms with Crippen LogP contribution in [0.15, 0.2) is 16.7 Å². The highest BCUT2D eigenvalue weighted by atomic mass is 32.2. The number of carbonyl (C=O) groups is 2. The highest BCUT2D eigenvalue weighted by Gasteiger charge is 2.21. The molecule has 0 fully saturated rings. The van der Waals surface area contributed by atoms with Gasteiger partial charge >= 0.3 is 5.97 Å². The second-order valence-corrected chi connectivity index (χ2v) is 10.1. The van der Waals surface area contributed by atoms with Gasteiger partial charge in [-0.15, -0.1) is 4.91 Å². The molecule has 0 saturated heterocycles. The van der Waals surface area contributed by atoms with Crippen LogP contribution in [0.25, 0.3) is 0 Å². The number of rotatable bonds is 14. The van der Waals surface area contributed by atoms with Gasteiger partial charge in [-0.3, -0.25) is 4.79 Å². The lowest BCUT2D eigenvalue weighted by Gasteiger charge is -2.19. The van der Waals surface area contributed by atoms with Gasteiger partial charge < -0.3 is 24.4 Å². The molecule has 0 unspecified atom stereocenters. The first kappa shape index (κ1) is 27.9. The van der Waals surface area contributed by atoms with E-state index >= 15 is 0 Å². The molecule has 0 aliphatic heterocycles. The van der Waals surface area contributed by atoms with E-state index < -0.39 is 16.6 Å². The maximum Gasteiger partial charge on any atom is 0.337 e. The molecule has 0 saturated carbocycles. The molecule has 0 aliphatic carbocycles. The van der Waals surface area contributed by atoms with Crippen molar-refractivity contribution in [2.75, 3.05) is 47.0 Å². The van der Waals surface area contributed by atoms with E-state index in [0.29, 0.717) is 12.4 Å². The molecule has 0 aliphatic rings. The van der Waals surface area contributed by atoms with Crippen molar-refractivity contribution in [3.63, 3.8) is 0 Å². The van der Waals surface area contributed by atoms with E-state index in [1.54, 1.807) is 13.8 Å². The molecule has 0 atom stereocenters. The van der Waals surface area contributed by atoms with Gasteiger partial charge in [0.25, 0.3) is 0 Å². The van der Waals surface area contributed by atoms with Crippen LogP contribution in [0.3, 0.4) is 0 Å². The summed E-state index contributed by atoms with van der Waals surface area (Å²) in [6.45, 7) is 10.4. The normalized spacial score (nSPS) is 11.5. The molecule has 0 bridgehead atoms. The first-order chi connectivity index (χ1) is 14.9. The van der Waals surface area contributed by atoms with Gasteiger partial charge in [0, 0.05) is 35.2 Å². The van der Waals surface area contributed by atoms with E-state index in [4.69, 9.17) is 14.2 Å². The third-order valence-electron chi connectivity index (χ3n) is 4.40. The van der Waals surface area contributed by atoms with Crippen molar-refractivity contribution >= 4 is 23.8 Å². The number of hydrogen-bond donors (Lipinski definition) is 1. The van der Waals surface area contributed by atoms with Crippen LogP contribution in [0.5, 0.6) is 11.5 Å². The van der Waals surface area contributed by atoms with Crippen LogP contribution < -0.4 is 14.8 Å². The first-order valence-electron chi connectivity index (χ1n) is 10.4. The van der Waals surface area contributed by atoms with Gasteiger partial charge in [0.05, 0.1) is 4.75 Å². The molecule has 32 heavy (non-hydrogen) atoms. The molecule has 1 aromatic carbocycles. The summed E-state index contributed by atoms with van der Waals surface area (Å²) in [7, 11) is 3.97. The molecule has 0 heterocycles. The van der Waals surface area contributed by atoms with E-state index in [-0.39, 0.29) is 25.7 Å². The predicted octanol–water partition coefficient (Wildman–Crippen LogP) is 3.29. The average Bonchev–Trinajstić information content (AvgIpc) is 2.68. The minimum atomic E-state index is -0.599. The standard InChI is InChI=1S/C22H35N3O6S/c1-15(2)17-11-18(16(3)10-19(17)30-9-8-25(6)7)31-21(27)13-29-12-20(26)23-14-22(4,5)32-24-28/h10-11,15H,8-9,12-14H2,1-7H3,(H,23,26). The number of carbonyl (C=O) groups excluding carboxylic acids is 2. The highest BCUT2D eigenvalue weighted by Crippen LogP contribution is 2.33. The number of nitroso groups, excluding NO2 is 1. The maximum atomic E-state index is 12.2. The van der Waals surface area contributed by atoms with Crippen LogP contribution in [-0.4, -0.2) is 68.5 Å². The van der Waals surface area contributed by atoms with Gasteiger partial charge in [-0.05, 0) is 58.5 Å². The molecule has 180 valence electrons. The van der Waals surface area contributed by atoms with Gasteiger partial charge in [-0.25, -0.2) is 4.79 Å². The lowest BCUT2D eigenvalue weighted by Crippen LogP contribution is -2.38. The minimum absolute atomic E-state index is 0.180. The lowest BCUT2D eigenvalue weighted by atomic mass is 10.00. The summed E-state index contributed by atoms with van der Waals surface area (Å²) in [4.78, 5) is 36.4. The van der Waals surface area contributed by atoms with Gasteiger partial charge in [0.15, 0.2) is 0 Å². The van der Waals surface area contributed by atoms with Crippen molar-refractivity contribution < 1.29 is 23.8 Å². The number of amides is 1. The van der Waals surface area contributed by atoms with E-state index in [1.165, 1.54) is 0 Å². The molecule has 0 aromatic heterocycles. The fourth-order valence-corrected chi connectivity index (χ4v) is 2.91. The third-order valence-corrected chi connectivity index (χ3v) is 5.11. The Balaban J connectivity index is 2.60. The molecule has 0 radical (unpaired) electrons. The van der Waals surface area contributed by atoms with Crippen LogP contribution in [-0.2, 0) is 14.3 Å². The van der Waals surface area contributed by atoms with Gasteiger partial charge in [0.2, 0.25) is 5.91 Å². The Morgan fingerprint density at radius 2 is 1.88 bits per heavy atom. The van der Waals surface area contributed by atoms with Crippen LogP contribution >= 0.6 is 11.9 Å². The average molecular weight is 470 g/mol. The number of hydrogen-bond acceptors (Lipinski definition) is 9. The van der Waals surface area contributed by atoms with Crippen molar-refractivity contribution in [1.29, 1.82) is 0 Å². The molecular formula is C22H35N3O6S. The van der Waals surface area contributed by atoms with E-state index in [2.05, 4.69) is 9.90 Å². The number of benzene rings is 1. The summed E-state index contributed by atoms with van der Waals surface area (Å²) >= 11 is 0.845. The molecule has 1 N–H and O–H groups in total. The molecule has 0 spiro atoms. The molecule has 9 nitrogen and oxygen atoms in total. The highest BCUT2D eigenvalue weighted by molar-refractivity contribution is 7.99. The third kappa shape index (κ3) is 10.4. The molecule has 10 heteroatoms. The SMILES string of the molecule is Cc1cc(OCCN(C)C)c(C(C)C)cc1OC(=O)COCC(=O)NCC(C)(C)SN=O. The van der Waals surface area contributed by atoms with E-state index in [0.717, 1.165) is 35.4 Å². The van der Waals surface area contributed by atoms with Crippen molar-refractivity contribution in [2.24, 2.45) is 4.58 Å². The van der Waals surface area contributed by atoms with E-state index in [1.807, 2.05) is 51.9 Å². The summed E-state index contributed by atoms with van der Waals surface area (Å²) in [5.41, 5.74) is 1.71. The van der Waals surface area contributed by atoms with Crippen LogP contribution in [0.4, 0.5) is 0 Å². The number of esters is 1. The maximum absolute atomic E-state index is 12.2. The van der Waals surface area contributed by atoms with Crippen molar-refractivity contribution in [3.05, 3.63) is 28.2 Å². The molecule has 1 rings (SSSR count). The number of nitrogens with zero attached hydrogens (tertiary/aromatic N) is 2. The van der Waals surface area contributed by atoms with Gasteiger partial charge in [0.1, 0.15) is 31.3 Å². The number of likely N-dealkylation sites (N-methyl/N-ethyl adjacent to an activating group) is 1.